The number of nitrogens with one attached hydrogen (secondary N) is 1. The van der Waals surface area contributed by atoms with E-state index < -0.39 is 0 Å². The van der Waals surface area contributed by atoms with E-state index in [4.69, 9.17) is 9.47 Å². The van der Waals surface area contributed by atoms with Crippen molar-refractivity contribution in [1.82, 2.24) is 5.32 Å². The number of hydrogen-bond acceptors (Lipinski definition) is 3. The maximum Gasteiger partial charge on any atom is 0.161 e. The Morgan fingerprint density at radius 1 is 0.905 bits per heavy atom. The summed E-state index contributed by atoms with van der Waals surface area (Å²) < 4.78 is 11.7. The van der Waals surface area contributed by atoms with Crippen LogP contribution in [-0.2, 0) is 0 Å². The molecule has 0 aliphatic carbocycles. The fourth-order valence-corrected chi connectivity index (χ4v) is 2.32. The second-order valence-corrected chi connectivity index (χ2v) is 5.30. The highest BCUT2D eigenvalue weighted by Crippen LogP contribution is 2.32. The molecule has 0 aliphatic rings. The summed E-state index contributed by atoms with van der Waals surface area (Å²) in [6, 6.07) is 6.75. The molecule has 0 saturated carbocycles. The summed E-state index contributed by atoms with van der Waals surface area (Å²) in [7, 11) is 0. The maximum absolute atomic E-state index is 5.88. The summed E-state index contributed by atoms with van der Waals surface area (Å²) in [5.74, 6) is 1.74. The van der Waals surface area contributed by atoms with E-state index in [0.29, 0.717) is 6.04 Å². The van der Waals surface area contributed by atoms with Crippen molar-refractivity contribution in [2.45, 2.75) is 59.4 Å². The standard InChI is InChI=1S/C18H31NO2/c1-5-9-16(19-8-4)15-10-11-17(20-12-6-2)18(14-15)21-13-7-3/h10-11,14,16,19H,5-9,12-13H2,1-4H3. The molecule has 1 atom stereocenters. The molecule has 0 aliphatic heterocycles. The van der Waals surface area contributed by atoms with Crippen LogP contribution in [0.5, 0.6) is 11.5 Å². The molecule has 120 valence electrons. The Hall–Kier alpha value is -1.22. The molecule has 0 saturated heterocycles. The Morgan fingerprint density at radius 2 is 1.57 bits per heavy atom. The third-order valence-corrected chi connectivity index (χ3v) is 3.32. The maximum atomic E-state index is 5.88. The molecule has 1 aromatic carbocycles. The lowest BCUT2D eigenvalue weighted by Crippen LogP contribution is -2.20. The van der Waals surface area contributed by atoms with Crippen LogP contribution in [0.4, 0.5) is 0 Å². The van der Waals surface area contributed by atoms with E-state index in [2.05, 4.69) is 51.2 Å². The number of hydrogen-bond donors (Lipinski definition) is 1. The minimum absolute atomic E-state index is 0.393. The predicted molar refractivity (Wildman–Crippen MR) is 89.3 cm³/mol. The van der Waals surface area contributed by atoms with Crippen molar-refractivity contribution in [3.63, 3.8) is 0 Å². The third kappa shape index (κ3) is 5.96. The zero-order valence-electron chi connectivity index (χ0n) is 14.1. The molecule has 1 rings (SSSR count). The second-order valence-electron chi connectivity index (χ2n) is 5.30. The Kier molecular flexibility index (Phi) is 8.91. The van der Waals surface area contributed by atoms with Crippen molar-refractivity contribution < 1.29 is 9.47 Å². The Morgan fingerprint density at radius 3 is 2.14 bits per heavy atom. The van der Waals surface area contributed by atoms with Crippen molar-refractivity contribution >= 4 is 0 Å². The highest BCUT2D eigenvalue weighted by Gasteiger charge is 2.13. The highest BCUT2D eigenvalue weighted by molar-refractivity contribution is 5.44. The van der Waals surface area contributed by atoms with Gasteiger partial charge in [-0.15, -0.1) is 0 Å². The summed E-state index contributed by atoms with van der Waals surface area (Å²) in [6.07, 6.45) is 4.31. The van der Waals surface area contributed by atoms with Crippen LogP contribution < -0.4 is 14.8 Å². The Balaban J connectivity index is 2.94. The highest BCUT2D eigenvalue weighted by atomic mass is 16.5. The first kappa shape index (κ1) is 17.8. The largest absolute Gasteiger partial charge is 0.490 e. The van der Waals surface area contributed by atoms with E-state index in [1.165, 1.54) is 5.56 Å². The van der Waals surface area contributed by atoms with Crippen LogP contribution in [0, 0.1) is 0 Å². The van der Waals surface area contributed by atoms with Crippen LogP contribution in [0.25, 0.3) is 0 Å². The van der Waals surface area contributed by atoms with Crippen LogP contribution in [-0.4, -0.2) is 19.8 Å². The molecule has 0 fully saturated rings. The topological polar surface area (TPSA) is 30.5 Å². The summed E-state index contributed by atoms with van der Waals surface area (Å²) >= 11 is 0. The first-order chi connectivity index (χ1) is 10.3. The average Bonchev–Trinajstić information content (AvgIpc) is 2.51. The molecule has 0 spiro atoms. The van der Waals surface area contributed by atoms with Gasteiger partial charge in [0.2, 0.25) is 0 Å². The van der Waals surface area contributed by atoms with Crippen LogP contribution in [0.3, 0.4) is 0 Å². The van der Waals surface area contributed by atoms with Gasteiger partial charge in [0.25, 0.3) is 0 Å². The number of benzene rings is 1. The molecule has 3 heteroatoms. The normalized spacial score (nSPS) is 12.2. The molecule has 3 nitrogen and oxygen atoms in total. The van der Waals surface area contributed by atoms with Crippen LogP contribution in [0.1, 0.15) is 65.0 Å². The van der Waals surface area contributed by atoms with Crippen LogP contribution in [0.15, 0.2) is 18.2 Å². The van der Waals surface area contributed by atoms with Crippen molar-refractivity contribution in [2.24, 2.45) is 0 Å². The van der Waals surface area contributed by atoms with Gasteiger partial charge in [-0.2, -0.15) is 0 Å². The monoisotopic (exact) mass is 293 g/mol. The summed E-state index contributed by atoms with van der Waals surface area (Å²) in [5.41, 5.74) is 1.29. The molecule has 0 aromatic heterocycles. The van der Waals surface area contributed by atoms with Gasteiger partial charge in [0.1, 0.15) is 0 Å². The SMILES string of the molecule is CCCOc1ccc(C(CCC)NCC)cc1OCCC. The lowest BCUT2D eigenvalue weighted by Gasteiger charge is -2.20. The first-order valence-corrected chi connectivity index (χ1v) is 8.39. The van der Waals surface area contributed by atoms with Gasteiger partial charge in [-0.1, -0.05) is 40.2 Å². The van der Waals surface area contributed by atoms with E-state index in [0.717, 1.165) is 56.9 Å². The summed E-state index contributed by atoms with van der Waals surface area (Å²) in [4.78, 5) is 0. The molecule has 0 heterocycles. The van der Waals surface area contributed by atoms with Crippen molar-refractivity contribution in [3.05, 3.63) is 23.8 Å². The minimum Gasteiger partial charge on any atom is -0.490 e. The second kappa shape index (κ2) is 10.5. The quantitative estimate of drug-likeness (QED) is 0.640. The van der Waals surface area contributed by atoms with Crippen LogP contribution in [0.2, 0.25) is 0 Å². The molecule has 0 amide bonds. The number of ether oxygens (including phenoxy) is 2. The fourth-order valence-electron chi connectivity index (χ4n) is 2.32. The van der Waals surface area contributed by atoms with E-state index in [-0.39, 0.29) is 0 Å². The van der Waals surface area contributed by atoms with Crippen molar-refractivity contribution in [3.8, 4) is 11.5 Å². The van der Waals surface area contributed by atoms with E-state index in [1.54, 1.807) is 0 Å². The number of rotatable bonds is 11. The van der Waals surface area contributed by atoms with Gasteiger partial charge < -0.3 is 14.8 Å². The Bertz CT molecular complexity index is 387. The lowest BCUT2D eigenvalue weighted by atomic mass is 10.0. The predicted octanol–water partition coefficient (Wildman–Crippen LogP) is 4.71. The molecular weight excluding hydrogens is 262 g/mol. The first-order valence-electron chi connectivity index (χ1n) is 8.39. The summed E-state index contributed by atoms with van der Waals surface area (Å²) in [6.45, 7) is 11.0. The molecule has 0 bridgehead atoms. The molecule has 1 unspecified atom stereocenters. The van der Waals surface area contributed by atoms with Gasteiger partial charge in [0.05, 0.1) is 13.2 Å². The van der Waals surface area contributed by atoms with E-state index in [9.17, 15) is 0 Å². The zero-order chi connectivity index (χ0) is 15.5. The van der Waals surface area contributed by atoms with Gasteiger partial charge >= 0.3 is 0 Å². The molecule has 1 N–H and O–H groups in total. The van der Waals surface area contributed by atoms with E-state index >= 15 is 0 Å². The lowest BCUT2D eigenvalue weighted by molar-refractivity contribution is 0.267. The van der Waals surface area contributed by atoms with Gasteiger partial charge in [-0.3, -0.25) is 0 Å². The van der Waals surface area contributed by atoms with Gasteiger partial charge in [-0.05, 0) is 43.5 Å². The van der Waals surface area contributed by atoms with Crippen molar-refractivity contribution in [2.75, 3.05) is 19.8 Å². The third-order valence-electron chi connectivity index (χ3n) is 3.32. The van der Waals surface area contributed by atoms with Gasteiger partial charge in [0, 0.05) is 6.04 Å². The molecule has 21 heavy (non-hydrogen) atoms. The summed E-state index contributed by atoms with van der Waals surface area (Å²) in [5, 5.41) is 3.55. The Labute approximate surface area is 130 Å². The van der Waals surface area contributed by atoms with Crippen molar-refractivity contribution in [1.29, 1.82) is 0 Å². The van der Waals surface area contributed by atoms with Gasteiger partial charge in [0.15, 0.2) is 11.5 Å². The minimum atomic E-state index is 0.393. The molecular formula is C18H31NO2. The molecule has 0 radical (unpaired) electrons. The molecule has 1 aromatic rings. The smallest absolute Gasteiger partial charge is 0.161 e. The average molecular weight is 293 g/mol. The zero-order valence-corrected chi connectivity index (χ0v) is 14.1. The van der Waals surface area contributed by atoms with Gasteiger partial charge in [-0.25, -0.2) is 0 Å². The fraction of sp³-hybridized carbons (Fsp3) is 0.667. The van der Waals surface area contributed by atoms with Crippen LogP contribution >= 0.6 is 0 Å². The van der Waals surface area contributed by atoms with E-state index in [1.807, 2.05) is 0 Å².